The van der Waals surface area contributed by atoms with Gasteiger partial charge >= 0.3 is 0 Å². The fraction of sp³-hybridized carbons (Fsp3) is 0.125. The average molecular weight is 411 g/mol. The summed E-state index contributed by atoms with van der Waals surface area (Å²) < 4.78 is 0. The lowest BCUT2D eigenvalue weighted by Gasteiger charge is -2.16. The monoisotopic (exact) mass is 410 g/mol. The first-order chi connectivity index (χ1) is 15.8. The van der Waals surface area contributed by atoms with Gasteiger partial charge in [-0.2, -0.15) is 0 Å². The summed E-state index contributed by atoms with van der Waals surface area (Å²) in [6.45, 7) is 0. The Morgan fingerprint density at radius 2 is 0.875 bits per heavy atom. The molecule has 0 saturated heterocycles. The van der Waals surface area contributed by atoms with Gasteiger partial charge < -0.3 is 0 Å². The average Bonchev–Trinajstić information content (AvgIpc) is 3.46. The summed E-state index contributed by atoms with van der Waals surface area (Å²) in [4.78, 5) is 0. The number of hydrogen-bond donors (Lipinski definition) is 0. The highest BCUT2D eigenvalue weighted by molar-refractivity contribution is 5.73. The standard InChI is InChI=1S/C32H26/c1-3-7-23(8-4-1)27-17-19-31-25(13-15-29(31)21-27)11-12-26-14-16-30-22-28(18-20-32(26)30)24-9-5-2-6-10-24/h1-10,13-22,25-26H,11-12H2. The summed E-state index contributed by atoms with van der Waals surface area (Å²) in [5, 5.41) is 0. The van der Waals surface area contributed by atoms with E-state index >= 15 is 0 Å². The van der Waals surface area contributed by atoms with Crippen LogP contribution in [0, 0.1) is 0 Å². The molecule has 2 aliphatic carbocycles. The van der Waals surface area contributed by atoms with E-state index in [4.69, 9.17) is 0 Å². The normalized spacial score (nSPS) is 18.0. The molecule has 0 saturated carbocycles. The molecule has 0 heterocycles. The number of hydrogen-bond acceptors (Lipinski definition) is 0. The highest BCUT2D eigenvalue weighted by atomic mass is 14.3. The lowest BCUT2D eigenvalue weighted by atomic mass is 9.88. The molecule has 0 fully saturated rings. The molecule has 0 nitrogen and oxygen atoms in total. The van der Waals surface area contributed by atoms with Crippen LogP contribution in [0.3, 0.4) is 0 Å². The molecule has 0 amide bonds. The third-order valence-corrected chi connectivity index (χ3v) is 6.99. The Labute approximate surface area is 190 Å². The van der Waals surface area contributed by atoms with E-state index in [0.29, 0.717) is 11.8 Å². The third kappa shape index (κ3) is 3.52. The van der Waals surface area contributed by atoms with E-state index in [1.54, 1.807) is 0 Å². The Kier molecular flexibility index (Phi) is 4.85. The minimum atomic E-state index is 0.524. The van der Waals surface area contributed by atoms with E-state index in [0.717, 1.165) is 0 Å². The molecule has 0 bridgehead atoms. The summed E-state index contributed by atoms with van der Waals surface area (Å²) in [6.07, 6.45) is 11.8. The van der Waals surface area contributed by atoms with Crippen LogP contribution in [-0.2, 0) is 0 Å². The highest BCUT2D eigenvalue weighted by Gasteiger charge is 2.22. The summed E-state index contributed by atoms with van der Waals surface area (Å²) >= 11 is 0. The molecule has 2 atom stereocenters. The first-order valence-corrected chi connectivity index (χ1v) is 11.6. The van der Waals surface area contributed by atoms with Crippen molar-refractivity contribution in [3.8, 4) is 22.3 Å². The molecule has 0 radical (unpaired) electrons. The van der Waals surface area contributed by atoms with Crippen molar-refractivity contribution in [3.05, 3.63) is 131 Å². The largest absolute Gasteiger partial charge is 0.0764 e. The van der Waals surface area contributed by atoms with E-state index < -0.39 is 0 Å². The molecule has 4 aromatic carbocycles. The van der Waals surface area contributed by atoms with Gasteiger partial charge in [-0.05, 0) is 69.5 Å². The highest BCUT2D eigenvalue weighted by Crippen LogP contribution is 2.41. The molecule has 0 heteroatoms. The Balaban J connectivity index is 1.16. The SMILES string of the molecule is C1=CC(CCC2C=Cc3cc(-c4ccccc4)ccc32)c2ccc(-c3ccccc3)cc21. The number of rotatable bonds is 5. The Morgan fingerprint density at radius 1 is 0.438 bits per heavy atom. The van der Waals surface area contributed by atoms with Gasteiger partial charge in [0, 0.05) is 11.8 Å². The Morgan fingerprint density at radius 3 is 1.31 bits per heavy atom. The van der Waals surface area contributed by atoms with Crippen molar-refractivity contribution in [1.82, 2.24) is 0 Å². The van der Waals surface area contributed by atoms with Gasteiger partial charge in [0.15, 0.2) is 0 Å². The zero-order valence-corrected chi connectivity index (χ0v) is 18.1. The number of fused-ring (bicyclic) bond motifs is 2. The molecule has 0 aromatic heterocycles. The van der Waals surface area contributed by atoms with Crippen LogP contribution in [0.1, 0.15) is 46.9 Å². The summed E-state index contributed by atoms with van der Waals surface area (Å²) in [7, 11) is 0. The van der Waals surface area contributed by atoms with Gasteiger partial charge in [0.2, 0.25) is 0 Å². The molecule has 32 heavy (non-hydrogen) atoms. The molecular weight excluding hydrogens is 384 g/mol. The maximum atomic E-state index is 2.40. The van der Waals surface area contributed by atoms with Crippen LogP contribution in [0.25, 0.3) is 34.4 Å². The lowest BCUT2D eigenvalue weighted by molar-refractivity contribution is 0.642. The molecule has 2 unspecified atom stereocenters. The van der Waals surface area contributed by atoms with Gasteiger partial charge in [0.05, 0.1) is 0 Å². The minimum Gasteiger partial charge on any atom is -0.0764 e. The van der Waals surface area contributed by atoms with Crippen LogP contribution in [0.2, 0.25) is 0 Å². The predicted molar refractivity (Wildman–Crippen MR) is 137 cm³/mol. The second-order valence-electron chi connectivity index (χ2n) is 8.93. The summed E-state index contributed by atoms with van der Waals surface area (Å²) in [5.74, 6) is 1.05. The van der Waals surface area contributed by atoms with Crippen LogP contribution in [0.15, 0.2) is 109 Å². The van der Waals surface area contributed by atoms with Crippen molar-refractivity contribution in [2.24, 2.45) is 0 Å². The predicted octanol–water partition coefficient (Wildman–Crippen LogP) is 8.72. The maximum Gasteiger partial charge on any atom is 0.00275 e. The Hall–Kier alpha value is -3.64. The molecule has 6 rings (SSSR count). The molecular formula is C32H26. The van der Waals surface area contributed by atoms with Gasteiger partial charge in [-0.3, -0.25) is 0 Å². The fourth-order valence-electron chi connectivity index (χ4n) is 5.24. The van der Waals surface area contributed by atoms with Crippen molar-refractivity contribution in [1.29, 1.82) is 0 Å². The van der Waals surface area contributed by atoms with E-state index in [1.165, 1.54) is 57.3 Å². The van der Waals surface area contributed by atoms with Crippen molar-refractivity contribution >= 4 is 12.2 Å². The quantitative estimate of drug-likeness (QED) is 0.308. The maximum absolute atomic E-state index is 2.40. The van der Waals surface area contributed by atoms with Gasteiger partial charge in [-0.25, -0.2) is 0 Å². The topological polar surface area (TPSA) is 0 Å². The summed E-state index contributed by atoms with van der Waals surface area (Å²) in [5.41, 5.74) is 10.9. The fourth-order valence-corrected chi connectivity index (χ4v) is 5.24. The second kappa shape index (κ2) is 8.13. The van der Waals surface area contributed by atoms with Crippen LogP contribution in [0.5, 0.6) is 0 Å². The van der Waals surface area contributed by atoms with E-state index in [-0.39, 0.29) is 0 Å². The minimum absolute atomic E-state index is 0.524. The molecule has 2 aliphatic rings. The van der Waals surface area contributed by atoms with Crippen molar-refractivity contribution in [3.63, 3.8) is 0 Å². The smallest absolute Gasteiger partial charge is 0.00275 e. The van der Waals surface area contributed by atoms with Crippen LogP contribution in [0.4, 0.5) is 0 Å². The number of allylic oxidation sites excluding steroid dienone is 2. The van der Waals surface area contributed by atoms with Gasteiger partial charge in [-0.15, -0.1) is 0 Å². The van der Waals surface area contributed by atoms with Gasteiger partial charge in [-0.1, -0.05) is 109 Å². The van der Waals surface area contributed by atoms with Crippen LogP contribution < -0.4 is 0 Å². The summed E-state index contributed by atoms with van der Waals surface area (Å²) in [6, 6.07) is 35.3. The molecule has 4 aromatic rings. The molecule has 0 spiro atoms. The number of benzene rings is 4. The van der Waals surface area contributed by atoms with Crippen molar-refractivity contribution < 1.29 is 0 Å². The van der Waals surface area contributed by atoms with Crippen molar-refractivity contribution in [2.75, 3.05) is 0 Å². The van der Waals surface area contributed by atoms with Crippen molar-refractivity contribution in [2.45, 2.75) is 24.7 Å². The lowest BCUT2D eigenvalue weighted by Crippen LogP contribution is -1.99. The van der Waals surface area contributed by atoms with Gasteiger partial charge in [0.25, 0.3) is 0 Å². The van der Waals surface area contributed by atoms with Crippen LogP contribution in [-0.4, -0.2) is 0 Å². The van der Waals surface area contributed by atoms with Crippen LogP contribution >= 0.6 is 0 Å². The molecule has 154 valence electrons. The first kappa shape index (κ1) is 19.1. The zero-order chi connectivity index (χ0) is 21.3. The molecule has 0 aliphatic heterocycles. The third-order valence-electron chi connectivity index (χ3n) is 6.99. The Bertz CT molecular complexity index is 1200. The van der Waals surface area contributed by atoms with E-state index in [1.807, 2.05) is 0 Å². The first-order valence-electron chi connectivity index (χ1n) is 11.6. The molecule has 0 N–H and O–H groups in total. The zero-order valence-electron chi connectivity index (χ0n) is 18.1. The van der Waals surface area contributed by atoms with E-state index in [2.05, 4.69) is 121 Å². The second-order valence-corrected chi connectivity index (χ2v) is 8.93. The van der Waals surface area contributed by atoms with Gasteiger partial charge in [0.1, 0.15) is 0 Å². The van der Waals surface area contributed by atoms with E-state index in [9.17, 15) is 0 Å².